The first-order chi connectivity index (χ1) is 12.8. The Kier molecular flexibility index (Phi) is 5.86. The Labute approximate surface area is 159 Å². The second-order valence-electron chi connectivity index (χ2n) is 6.34. The fourth-order valence-electron chi connectivity index (χ4n) is 3.02. The fourth-order valence-corrected chi connectivity index (χ4v) is 3.25. The summed E-state index contributed by atoms with van der Waals surface area (Å²) in [4.78, 5) is 19.7. The monoisotopic (exact) mass is 399 g/mol. The number of alkyl halides is 3. The lowest BCUT2D eigenvalue weighted by atomic mass is 10.2. The van der Waals surface area contributed by atoms with Crippen molar-refractivity contribution in [3.8, 4) is 0 Å². The van der Waals surface area contributed by atoms with Gasteiger partial charge in [0.1, 0.15) is 5.82 Å². The molecule has 0 radical (unpaired) electrons. The van der Waals surface area contributed by atoms with Crippen LogP contribution in [-0.2, 0) is 11.0 Å². The van der Waals surface area contributed by atoms with Gasteiger partial charge in [-0.05, 0) is 30.3 Å². The third-order valence-electron chi connectivity index (χ3n) is 4.41. The van der Waals surface area contributed by atoms with E-state index in [9.17, 15) is 18.0 Å². The second kappa shape index (κ2) is 8.14. The van der Waals surface area contributed by atoms with Crippen molar-refractivity contribution < 1.29 is 22.9 Å². The van der Waals surface area contributed by atoms with Crippen LogP contribution in [0, 0.1) is 0 Å². The van der Waals surface area contributed by atoms with Gasteiger partial charge in [-0.15, -0.1) is 0 Å². The number of carbonyl (C=O) groups excluding carboxylic acids is 1. The quantitative estimate of drug-likeness (QED) is 0.828. The first-order valence-electron chi connectivity index (χ1n) is 8.49. The lowest BCUT2D eigenvalue weighted by Crippen LogP contribution is -3.15. The molecule has 2 heterocycles. The average molecular weight is 400 g/mol. The van der Waals surface area contributed by atoms with Gasteiger partial charge in [-0.2, -0.15) is 13.2 Å². The number of hydrogen-bond acceptors (Lipinski definition) is 3. The summed E-state index contributed by atoms with van der Waals surface area (Å²) in [7, 11) is 0. The zero-order valence-corrected chi connectivity index (χ0v) is 15.1. The van der Waals surface area contributed by atoms with Crippen LogP contribution < -0.4 is 15.1 Å². The number of benzene rings is 1. The summed E-state index contributed by atoms with van der Waals surface area (Å²) in [6.45, 7) is 3.22. The minimum Gasteiger partial charge on any atom is -0.345 e. The maximum Gasteiger partial charge on any atom is 0.417 e. The summed E-state index contributed by atoms with van der Waals surface area (Å²) in [6.07, 6.45) is -2.83. The molecule has 0 saturated carbocycles. The minimum atomic E-state index is -4.56. The molecule has 0 unspecified atom stereocenters. The third kappa shape index (κ3) is 5.11. The highest BCUT2D eigenvalue weighted by molar-refractivity contribution is 6.31. The number of aromatic nitrogens is 1. The second-order valence-corrected chi connectivity index (χ2v) is 6.75. The molecule has 3 rings (SSSR count). The molecule has 1 saturated heterocycles. The third-order valence-corrected chi connectivity index (χ3v) is 4.74. The molecule has 27 heavy (non-hydrogen) atoms. The van der Waals surface area contributed by atoms with Gasteiger partial charge in [0.2, 0.25) is 0 Å². The predicted molar refractivity (Wildman–Crippen MR) is 97.1 cm³/mol. The normalized spacial score (nSPS) is 15.6. The van der Waals surface area contributed by atoms with Crippen molar-refractivity contribution in [3.63, 3.8) is 0 Å². The predicted octanol–water partition coefficient (Wildman–Crippen LogP) is 2.10. The van der Waals surface area contributed by atoms with E-state index < -0.39 is 16.8 Å². The summed E-state index contributed by atoms with van der Waals surface area (Å²) in [6, 6.07) is 9.08. The van der Waals surface area contributed by atoms with Crippen LogP contribution in [0.15, 0.2) is 42.6 Å². The molecule has 1 aliphatic heterocycles. The number of piperazine rings is 1. The largest absolute Gasteiger partial charge is 0.417 e. The van der Waals surface area contributed by atoms with E-state index in [1.165, 1.54) is 6.07 Å². The number of nitrogens with zero attached hydrogens (tertiary/aromatic N) is 2. The summed E-state index contributed by atoms with van der Waals surface area (Å²) >= 11 is 5.59. The zero-order chi connectivity index (χ0) is 19.4. The molecule has 0 bridgehead atoms. The van der Waals surface area contributed by atoms with Crippen LogP contribution in [0.2, 0.25) is 5.02 Å². The number of hydrogen-bond donors (Lipinski definition) is 2. The van der Waals surface area contributed by atoms with E-state index in [2.05, 4.69) is 15.2 Å². The maximum atomic E-state index is 12.9. The van der Waals surface area contributed by atoms with Crippen molar-refractivity contribution >= 4 is 29.0 Å². The van der Waals surface area contributed by atoms with E-state index in [-0.39, 0.29) is 18.1 Å². The van der Waals surface area contributed by atoms with Crippen LogP contribution in [0.25, 0.3) is 0 Å². The Morgan fingerprint density at radius 2 is 1.96 bits per heavy atom. The summed E-state index contributed by atoms with van der Waals surface area (Å²) in [5, 5.41) is 2.14. The molecule has 1 amide bonds. The molecular weight excluding hydrogens is 381 g/mol. The number of nitrogens with one attached hydrogen (secondary N) is 2. The van der Waals surface area contributed by atoms with Gasteiger partial charge in [0, 0.05) is 11.9 Å². The lowest BCUT2D eigenvalue weighted by molar-refractivity contribution is -0.892. The van der Waals surface area contributed by atoms with Crippen LogP contribution in [0.5, 0.6) is 0 Å². The smallest absolute Gasteiger partial charge is 0.345 e. The summed E-state index contributed by atoms with van der Waals surface area (Å²) < 4.78 is 38.7. The lowest BCUT2D eigenvalue weighted by Gasteiger charge is -2.32. The molecule has 9 heteroatoms. The van der Waals surface area contributed by atoms with E-state index in [0.29, 0.717) is 0 Å². The number of anilines is 2. The van der Waals surface area contributed by atoms with E-state index >= 15 is 0 Å². The van der Waals surface area contributed by atoms with Gasteiger partial charge in [-0.1, -0.05) is 17.7 Å². The highest BCUT2D eigenvalue weighted by atomic mass is 35.5. The van der Waals surface area contributed by atoms with Gasteiger partial charge in [0.15, 0.2) is 6.54 Å². The molecule has 0 aliphatic carbocycles. The van der Waals surface area contributed by atoms with E-state index in [0.717, 1.165) is 49.0 Å². The van der Waals surface area contributed by atoms with Gasteiger partial charge in [-0.25, -0.2) is 4.98 Å². The Hall–Kier alpha value is -2.32. The standard InChI is InChI=1S/C18H18ClF3N4O/c19-15-5-4-13(11-14(15)18(20,21)22)24-17(27)12-25-7-9-26(10-8-25)16-3-1-2-6-23-16/h1-6,11H,7-10,12H2,(H,24,27)/p+1. The fraction of sp³-hybridized carbons (Fsp3) is 0.333. The number of carbonyl (C=O) groups is 1. The number of rotatable bonds is 4. The van der Waals surface area contributed by atoms with E-state index in [4.69, 9.17) is 11.6 Å². The van der Waals surface area contributed by atoms with E-state index in [1.54, 1.807) is 6.20 Å². The van der Waals surface area contributed by atoms with Gasteiger partial charge in [0.25, 0.3) is 5.91 Å². The molecule has 1 fully saturated rings. The van der Waals surface area contributed by atoms with Crippen molar-refractivity contribution in [2.75, 3.05) is 42.9 Å². The number of amides is 1. The number of halogens is 4. The topological polar surface area (TPSA) is 49.7 Å². The molecule has 2 N–H and O–H groups in total. The molecule has 2 aromatic rings. The Morgan fingerprint density at radius 3 is 2.59 bits per heavy atom. The van der Waals surface area contributed by atoms with Crippen molar-refractivity contribution in [1.82, 2.24) is 4.98 Å². The van der Waals surface area contributed by atoms with E-state index in [1.807, 2.05) is 18.2 Å². The molecule has 0 spiro atoms. The van der Waals surface area contributed by atoms with Gasteiger partial charge < -0.3 is 15.1 Å². The first kappa shape index (κ1) is 19.4. The highest BCUT2D eigenvalue weighted by Crippen LogP contribution is 2.36. The number of pyridine rings is 1. The van der Waals surface area contributed by atoms with Crippen LogP contribution in [-0.4, -0.2) is 43.6 Å². The minimum absolute atomic E-state index is 0.0863. The molecule has 1 aromatic carbocycles. The van der Waals surface area contributed by atoms with Gasteiger partial charge in [-0.3, -0.25) is 4.79 Å². The molecular formula is C18H19ClF3N4O+. The van der Waals surface area contributed by atoms with Gasteiger partial charge >= 0.3 is 6.18 Å². The number of quaternary nitrogens is 1. The van der Waals surface area contributed by atoms with Gasteiger partial charge in [0.05, 0.1) is 36.8 Å². The molecule has 144 valence electrons. The summed E-state index contributed by atoms with van der Waals surface area (Å²) in [5.41, 5.74) is -0.874. The van der Waals surface area contributed by atoms with Crippen molar-refractivity contribution in [1.29, 1.82) is 0 Å². The zero-order valence-electron chi connectivity index (χ0n) is 14.4. The average Bonchev–Trinajstić information content (AvgIpc) is 2.64. The molecule has 5 nitrogen and oxygen atoms in total. The summed E-state index contributed by atoms with van der Waals surface area (Å²) in [5.74, 6) is 0.577. The van der Waals surface area contributed by atoms with Crippen LogP contribution >= 0.6 is 11.6 Å². The van der Waals surface area contributed by atoms with Crippen LogP contribution in [0.4, 0.5) is 24.7 Å². The highest BCUT2D eigenvalue weighted by Gasteiger charge is 2.33. The molecule has 1 aromatic heterocycles. The van der Waals surface area contributed by atoms with Crippen LogP contribution in [0.3, 0.4) is 0 Å². The Morgan fingerprint density at radius 1 is 1.22 bits per heavy atom. The van der Waals surface area contributed by atoms with Crippen molar-refractivity contribution in [3.05, 3.63) is 53.2 Å². The Balaban J connectivity index is 1.53. The SMILES string of the molecule is O=C(C[NH+]1CCN(c2ccccn2)CC1)Nc1ccc(Cl)c(C(F)(F)F)c1. The van der Waals surface area contributed by atoms with Crippen molar-refractivity contribution in [2.45, 2.75) is 6.18 Å². The molecule has 0 atom stereocenters. The maximum absolute atomic E-state index is 12.9. The first-order valence-corrected chi connectivity index (χ1v) is 8.87. The Bertz CT molecular complexity index is 793. The molecule has 1 aliphatic rings. The van der Waals surface area contributed by atoms with Crippen LogP contribution in [0.1, 0.15) is 5.56 Å². The van der Waals surface area contributed by atoms with Crippen molar-refractivity contribution in [2.24, 2.45) is 0 Å².